The van der Waals surface area contributed by atoms with Gasteiger partial charge in [-0.05, 0) is 24.1 Å². The smallest absolute Gasteiger partial charge is 0.320 e. The summed E-state index contributed by atoms with van der Waals surface area (Å²) in [5, 5.41) is 8.56. The Labute approximate surface area is 92.5 Å². The van der Waals surface area contributed by atoms with Crippen LogP contribution < -0.4 is 5.73 Å². The average Bonchev–Trinajstić information content (AvgIpc) is 2.17. The standard InChI is InChI=1S/C9H11NO5S/c10-8(9(11)12)5-6-1-3-7(4-2-6)16(13,14)15/h1-4,8H,5,10H2,(H,11,12)(H,13,14,15)/p-1/t8-/m0/s1. The minimum atomic E-state index is -4.46. The average molecular weight is 244 g/mol. The minimum absolute atomic E-state index is 0.0779. The summed E-state index contributed by atoms with van der Waals surface area (Å²) >= 11 is 0. The maximum atomic E-state index is 10.6. The fourth-order valence-electron chi connectivity index (χ4n) is 1.13. The lowest BCUT2D eigenvalue weighted by atomic mass is 10.1. The summed E-state index contributed by atoms with van der Waals surface area (Å²) in [7, 11) is -4.46. The van der Waals surface area contributed by atoms with Crippen molar-refractivity contribution < 1.29 is 22.9 Å². The van der Waals surface area contributed by atoms with Crippen molar-refractivity contribution in [2.75, 3.05) is 0 Å². The van der Waals surface area contributed by atoms with Crippen LogP contribution in [0.25, 0.3) is 0 Å². The van der Waals surface area contributed by atoms with E-state index in [0.717, 1.165) is 12.1 Å². The summed E-state index contributed by atoms with van der Waals surface area (Å²) in [6.07, 6.45) is 0.0779. The molecule has 1 aromatic rings. The Kier molecular flexibility index (Phi) is 3.63. The summed E-state index contributed by atoms with van der Waals surface area (Å²) in [6, 6.07) is 3.95. The fraction of sp³-hybridized carbons (Fsp3) is 0.222. The van der Waals surface area contributed by atoms with E-state index in [1.165, 1.54) is 12.1 Å². The molecule has 0 aliphatic heterocycles. The number of rotatable bonds is 4. The van der Waals surface area contributed by atoms with Crippen LogP contribution >= 0.6 is 0 Å². The highest BCUT2D eigenvalue weighted by atomic mass is 32.2. The number of carboxylic acid groups (broad SMARTS) is 1. The van der Waals surface area contributed by atoms with Gasteiger partial charge in [0.1, 0.15) is 16.2 Å². The van der Waals surface area contributed by atoms with Crippen LogP contribution in [0.15, 0.2) is 29.2 Å². The predicted octanol–water partition coefficient (Wildman–Crippen LogP) is -0.455. The molecule has 1 aromatic carbocycles. The van der Waals surface area contributed by atoms with Gasteiger partial charge in [-0.25, -0.2) is 8.42 Å². The molecule has 1 rings (SSSR count). The first-order chi connectivity index (χ1) is 7.30. The molecule has 0 radical (unpaired) electrons. The van der Waals surface area contributed by atoms with Crippen molar-refractivity contribution in [2.24, 2.45) is 5.73 Å². The molecular formula is C9H10NO5S-. The summed E-state index contributed by atoms with van der Waals surface area (Å²) in [5.74, 6) is -1.14. The molecule has 0 fully saturated rings. The highest BCUT2D eigenvalue weighted by Crippen LogP contribution is 2.11. The van der Waals surface area contributed by atoms with Crippen molar-refractivity contribution >= 4 is 16.1 Å². The van der Waals surface area contributed by atoms with E-state index in [9.17, 15) is 17.8 Å². The van der Waals surface area contributed by atoms with Crippen molar-refractivity contribution in [3.05, 3.63) is 29.8 Å². The number of hydrogen-bond donors (Lipinski definition) is 2. The Bertz CT molecular complexity index is 479. The molecule has 0 aromatic heterocycles. The van der Waals surface area contributed by atoms with Gasteiger partial charge in [0.15, 0.2) is 0 Å². The Morgan fingerprint density at radius 2 is 1.88 bits per heavy atom. The summed E-state index contributed by atoms with van der Waals surface area (Å²) < 4.78 is 31.8. The van der Waals surface area contributed by atoms with E-state index in [-0.39, 0.29) is 11.3 Å². The molecule has 0 aliphatic carbocycles. The first-order valence-electron chi connectivity index (χ1n) is 4.34. The maximum absolute atomic E-state index is 10.6. The molecule has 0 aliphatic rings. The molecule has 7 heteroatoms. The Morgan fingerprint density at radius 1 is 1.38 bits per heavy atom. The lowest BCUT2D eigenvalue weighted by molar-refractivity contribution is -0.138. The van der Waals surface area contributed by atoms with E-state index in [1.807, 2.05) is 0 Å². The van der Waals surface area contributed by atoms with E-state index < -0.39 is 22.1 Å². The van der Waals surface area contributed by atoms with E-state index in [0.29, 0.717) is 5.56 Å². The molecule has 0 saturated carbocycles. The Balaban J connectivity index is 2.84. The van der Waals surface area contributed by atoms with Gasteiger partial charge >= 0.3 is 5.97 Å². The van der Waals surface area contributed by atoms with Crippen LogP contribution in [-0.2, 0) is 21.3 Å². The molecule has 0 heterocycles. The van der Waals surface area contributed by atoms with E-state index >= 15 is 0 Å². The van der Waals surface area contributed by atoms with Crippen molar-refractivity contribution in [1.29, 1.82) is 0 Å². The van der Waals surface area contributed by atoms with Gasteiger partial charge < -0.3 is 15.4 Å². The predicted molar refractivity (Wildman–Crippen MR) is 53.7 cm³/mol. The molecule has 88 valence electrons. The zero-order valence-corrected chi connectivity index (χ0v) is 8.98. The fourth-order valence-corrected chi connectivity index (χ4v) is 1.60. The first kappa shape index (κ1) is 12.6. The number of aliphatic carboxylic acids is 1. The molecule has 0 amide bonds. The second-order valence-electron chi connectivity index (χ2n) is 3.25. The molecule has 0 bridgehead atoms. The molecule has 0 spiro atoms. The lowest BCUT2D eigenvalue weighted by Gasteiger charge is -2.09. The van der Waals surface area contributed by atoms with Crippen molar-refractivity contribution in [3.8, 4) is 0 Å². The normalized spacial score (nSPS) is 13.4. The topological polar surface area (TPSA) is 121 Å². The Hall–Kier alpha value is -1.44. The van der Waals surface area contributed by atoms with Gasteiger partial charge in [0.05, 0.1) is 4.90 Å². The molecule has 0 unspecified atom stereocenters. The quantitative estimate of drug-likeness (QED) is 0.691. The summed E-state index contributed by atoms with van der Waals surface area (Å²) in [4.78, 5) is 10.1. The molecule has 1 atom stereocenters. The summed E-state index contributed by atoms with van der Waals surface area (Å²) in [6.45, 7) is 0. The molecule has 3 N–H and O–H groups in total. The van der Waals surface area contributed by atoms with Gasteiger partial charge in [0, 0.05) is 0 Å². The molecule has 16 heavy (non-hydrogen) atoms. The van der Waals surface area contributed by atoms with E-state index in [4.69, 9.17) is 10.8 Å². The van der Waals surface area contributed by atoms with Gasteiger partial charge in [-0.2, -0.15) is 0 Å². The number of hydrogen-bond acceptors (Lipinski definition) is 5. The van der Waals surface area contributed by atoms with Crippen LogP contribution in [0.1, 0.15) is 5.56 Å². The van der Waals surface area contributed by atoms with Crippen LogP contribution in [0.4, 0.5) is 0 Å². The van der Waals surface area contributed by atoms with Gasteiger partial charge in [-0.1, -0.05) is 12.1 Å². The van der Waals surface area contributed by atoms with Gasteiger partial charge in [0.25, 0.3) is 0 Å². The van der Waals surface area contributed by atoms with E-state index in [1.54, 1.807) is 0 Å². The highest BCUT2D eigenvalue weighted by Gasteiger charge is 2.12. The van der Waals surface area contributed by atoms with Gasteiger partial charge in [-0.15, -0.1) is 0 Å². The molecular weight excluding hydrogens is 234 g/mol. The van der Waals surface area contributed by atoms with Crippen LogP contribution in [0.3, 0.4) is 0 Å². The summed E-state index contributed by atoms with van der Waals surface area (Å²) in [5.41, 5.74) is 5.85. The molecule has 0 saturated heterocycles. The third-order valence-corrected chi connectivity index (χ3v) is 2.83. The minimum Gasteiger partial charge on any atom is -0.744 e. The third kappa shape index (κ3) is 3.30. The Morgan fingerprint density at radius 3 is 2.25 bits per heavy atom. The van der Waals surface area contributed by atoms with E-state index in [2.05, 4.69) is 0 Å². The number of benzene rings is 1. The zero-order chi connectivity index (χ0) is 12.3. The van der Waals surface area contributed by atoms with Crippen LogP contribution in [0.5, 0.6) is 0 Å². The zero-order valence-electron chi connectivity index (χ0n) is 8.16. The van der Waals surface area contributed by atoms with Crippen molar-refractivity contribution in [1.82, 2.24) is 0 Å². The van der Waals surface area contributed by atoms with Gasteiger partial charge in [0.2, 0.25) is 0 Å². The maximum Gasteiger partial charge on any atom is 0.320 e. The number of carbonyl (C=O) groups is 1. The third-order valence-electron chi connectivity index (χ3n) is 1.98. The van der Waals surface area contributed by atoms with Crippen molar-refractivity contribution in [2.45, 2.75) is 17.4 Å². The second-order valence-corrected chi connectivity index (χ2v) is 4.63. The van der Waals surface area contributed by atoms with Crippen LogP contribution in [0, 0.1) is 0 Å². The highest BCUT2D eigenvalue weighted by molar-refractivity contribution is 7.85. The number of nitrogens with two attached hydrogens (primary N) is 1. The van der Waals surface area contributed by atoms with Crippen LogP contribution in [-0.4, -0.2) is 30.1 Å². The monoisotopic (exact) mass is 244 g/mol. The lowest BCUT2D eigenvalue weighted by Crippen LogP contribution is -2.32. The SMILES string of the molecule is N[C@@H](Cc1ccc(S(=O)(=O)[O-])cc1)C(=O)O. The number of carboxylic acids is 1. The second kappa shape index (κ2) is 4.60. The van der Waals surface area contributed by atoms with Gasteiger partial charge in [-0.3, -0.25) is 4.79 Å². The molecule has 6 nitrogen and oxygen atoms in total. The first-order valence-corrected chi connectivity index (χ1v) is 5.75. The largest absolute Gasteiger partial charge is 0.744 e. The van der Waals surface area contributed by atoms with Crippen molar-refractivity contribution in [3.63, 3.8) is 0 Å². The van der Waals surface area contributed by atoms with Crippen LogP contribution in [0.2, 0.25) is 0 Å².